The van der Waals surface area contributed by atoms with Gasteiger partial charge in [0, 0.05) is 0 Å². The molecule has 7 heteroatoms. The highest BCUT2D eigenvalue weighted by Crippen LogP contribution is 2.19. The van der Waals surface area contributed by atoms with Crippen LogP contribution in [-0.2, 0) is 4.79 Å². The molecule has 1 atom stereocenters. The van der Waals surface area contributed by atoms with Crippen LogP contribution in [0.15, 0.2) is 18.2 Å². The van der Waals surface area contributed by atoms with Crippen molar-refractivity contribution in [1.82, 2.24) is 5.32 Å². The molecule has 0 aliphatic carbocycles. The van der Waals surface area contributed by atoms with E-state index in [1.54, 1.807) is 0 Å². The van der Waals surface area contributed by atoms with Crippen molar-refractivity contribution in [2.45, 2.75) is 6.10 Å². The first kappa shape index (κ1) is 12.9. The van der Waals surface area contributed by atoms with Crippen LogP contribution in [0.1, 0.15) is 10.4 Å². The van der Waals surface area contributed by atoms with E-state index in [0.717, 1.165) is 12.1 Å². The Labute approximate surface area is 95.3 Å². The van der Waals surface area contributed by atoms with Gasteiger partial charge in [0.1, 0.15) is 17.1 Å². The van der Waals surface area contributed by atoms with E-state index in [2.05, 4.69) is 0 Å². The van der Waals surface area contributed by atoms with Crippen LogP contribution in [0.4, 0.5) is 4.39 Å². The number of carbonyl (C=O) groups excluding carboxylic acids is 1. The van der Waals surface area contributed by atoms with E-state index in [9.17, 15) is 19.1 Å². The van der Waals surface area contributed by atoms with E-state index in [0.29, 0.717) is 0 Å². The average Bonchev–Trinajstić information content (AvgIpc) is 2.25. The molecule has 0 unspecified atom stereocenters. The van der Waals surface area contributed by atoms with Gasteiger partial charge in [-0.05, 0) is 12.1 Å². The Morgan fingerprint density at radius 3 is 2.59 bits per heavy atom. The molecule has 0 aromatic heterocycles. The number of carboxylic acids is 1. The van der Waals surface area contributed by atoms with Crippen molar-refractivity contribution in [2.75, 3.05) is 6.54 Å². The minimum Gasteiger partial charge on any atom is -0.507 e. The number of aliphatic hydroxyl groups excluding tert-OH is 1. The van der Waals surface area contributed by atoms with Crippen molar-refractivity contribution < 1.29 is 29.3 Å². The Balaban J connectivity index is 2.74. The molecule has 0 aliphatic rings. The Morgan fingerprint density at radius 1 is 1.41 bits per heavy atom. The second-order valence-electron chi connectivity index (χ2n) is 3.20. The second kappa shape index (κ2) is 5.26. The van der Waals surface area contributed by atoms with E-state index in [1.165, 1.54) is 6.07 Å². The quantitative estimate of drug-likeness (QED) is 0.581. The third-order valence-electron chi connectivity index (χ3n) is 1.96. The number of benzene rings is 1. The number of phenolic OH excluding ortho intramolecular Hbond substituents is 1. The van der Waals surface area contributed by atoms with Crippen molar-refractivity contribution in [3.05, 3.63) is 29.6 Å². The number of hydrogen-bond acceptors (Lipinski definition) is 4. The van der Waals surface area contributed by atoms with Crippen LogP contribution in [-0.4, -0.2) is 39.8 Å². The molecule has 0 heterocycles. The summed E-state index contributed by atoms with van der Waals surface area (Å²) in [4.78, 5) is 21.7. The molecule has 0 spiro atoms. The van der Waals surface area contributed by atoms with Gasteiger partial charge in [-0.2, -0.15) is 0 Å². The smallest absolute Gasteiger partial charge is 0.334 e. The second-order valence-corrected chi connectivity index (χ2v) is 3.20. The highest BCUT2D eigenvalue weighted by atomic mass is 19.1. The van der Waals surface area contributed by atoms with Gasteiger partial charge < -0.3 is 20.6 Å². The van der Waals surface area contributed by atoms with Gasteiger partial charge in [0.15, 0.2) is 6.10 Å². The number of aromatic hydroxyl groups is 1. The monoisotopic (exact) mass is 243 g/mol. The number of aliphatic hydroxyl groups is 1. The Bertz CT molecular complexity index is 428. The van der Waals surface area contributed by atoms with Crippen molar-refractivity contribution in [3.8, 4) is 5.75 Å². The summed E-state index contributed by atoms with van der Waals surface area (Å²) in [6.45, 7) is -0.581. The summed E-state index contributed by atoms with van der Waals surface area (Å²) in [5.41, 5.74) is -0.593. The zero-order valence-corrected chi connectivity index (χ0v) is 8.55. The molecule has 6 nitrogen and oxygen atoms in total. The van der Waals surface area contributed by atoms with Crippen LogP contribution in [0, 0.1) is 5.82 Å². The molecular weight excluding hydrogens is 233 g/mol. The predicted octanol–water partition coefficient (Wildman–Crippen LogP) is -0.293. The number of nitrogens with one attached hydrogen (secondary N) is 1. The van der Waals surface area contributed by atoms with E-state index in [-0.39, 0.29) is 0 Å². The summed E-state index contributed by atoms with van der Waals surface area (Å²) in [6.07, 6.45) is -1.78. The summed E-state index contributed by atoms with van der Waals surface area (Å²) in [5.74, 6) is -4.01. The number of aliphatic carboxylic acids is 1. The molecule has 0 saturated carbocycles. The summed E-state index contributed by atoms with van der Waals surface area (Å²) >= 11 is 0. The maximum atomic E-state index is 13.2. The highest BCUT2D eigenvalue weighted by molar-refractivity contribution is 5.97. The van der Waals surface area contributed by atoms with Gasteiger partial charge in [-0.1, -0.05) is 6.07 Å². The molecule has 1 aromatic rings. The lowest BCUT2D eigenvalue weighted by molar-refractivity contribution is -0.146. The molecule has 0 aliphatic heterocycles. The third kappa shape index (κ3) is 3.15. The minimum atomic E-state index is -1.78. The lowest BCUT2D eigenvalue weighted by atomic mass is 10.1. The van der Waals surface area contributed by atoms with Crippen molar-refractivity contribution in [1.29, 1.82) is 0 Å². The van der Waals surface area contributed by atoms with Gasteiger partial charge >= 0.3 is 5.97 Å². The number of carboxylic acid groups (broad SMARTS) is 1. The summed E-state index contributed by atoms with van der Waals surface area (Å²) in [7, 11) is 0. The summed E-state index contributed by atoms with van der Waals surface area (Å²) in [5, 5.41) is 28.5. The zero-order chi connectivity index (χ0) is 13.0. The summed E-state index contributed by atoms with van der Waals surface area (Å²) < 4.78 is 13.2. The van der Waals surface area contributed by atoms with E-state index in [1.807, 2.05) is 5.32 Å². The molecule has 17 heavy (non-hydrogen) atoms. The molecule has 1 rings (SSSR count). The molecule has 0 saturated heterocycles. The molecule has 0 fully saturated rings. The van der Waals surface area contributed by atoms with E-state index >= 15 is 0 Å². The van der Waals surface area contributed by atoms with Crippen LogP contribution >= 0.6 is 0 Å². The van der Waals surface area contributed by atoms with Crippen molar-refractivity contribution in [2.24, 2.45) is 0 Å². The Morgan fingerprint density at radius 2 is 2.06 bits per heavy atom. The molecule has 92 valence electrons. The number of carbonyl (C=O) groups is 2. The SMILES string of the molecule is O=C(NC[C@H](O)C(=O)O)c1c(O)cccc1F. The fourth-order valence-corrected chi connectivity index (χ4v) is 1.10. The number of phenols is 1. The number of amides is 1. The molecule has 1 aromatic carbocycles. The number of hydrogen-bond donors (Lipinski definition) is 4. The van der Waals surface area contributed by atoms with Crippen LogP contribution in [0.25, 0.3) is 0 Å². The van der Waals surface area contributed by atoms with Crippen molar-refractivity contribution in [3.63, 3.8) is 0 Å². The predicted molar refractivity (Wildman–Crippen MR) is 54.0 cm³/mol. The van der Waals surface area contributed by atoms with Crippen LogP contribution in [0.5, 0.6) is 5.75 Å². The number of rotatable bonds is 4. The fourth-order valence-electron chi connectivity index (χ4n) is 1.10. The summed E-state index contributed by atoms with van der Waals surface area (Å²) in [6, 6.07) is 3.31. The average molecular weight is 243 g/mol. The Kier molecular flexibility index (Phi) is 4.00. The standard InChI is InChI=1S/C10H10FNO5/c11-5-2-1-3-6(13)8(5)9(15)12-4-7(14)10(16)17/h1-3,7,13-14H,4H2,(H,12,15)(H,16,17)/t7-/m0/s1. The third-order valence-corrected chi connectivity index (χ3v) is 1.96. The molecule has 0 bridgehead atoms. The minimum absolute atomic E-state index is 0.563. The maximum Gasteiger partial charge on any atom is 0.334 e. The fraction of sp³-hybridized carbons (Fsp3) is 0.200. The topological polar surface area (TPSA) is 107 Å². The molecule has 4 N–H and O–H groups in total. The first-order chi connectivity index (χ1) is 7.93. The molecule has 1 amide bonds. The van der Waals surface area contributed by atoms with E-state index in [4.69, 9.17) is 10.2 Å². The van der Waals surface area contributed by atoms with Gasteiger partial charge in [0.25, 0.3) is 5.91 Å². The van der Waals surface area contributed by atoms with Crippen LogP contribution < -0.4 is 5.32 Å². The lowest BCUT2D eigenvalue weighted by Gasteiger charge is -2.09. The maximum absolute atomic E-state index is 13.2. The number of halogens is 1. The van der Waals surface area contributed by atoms with Gasteiger partial charge in [0.2, 0.25) is 0 Å². The first-order valence-corrected chi connectivity index (χ1v) is 4.60. The van der Waals surface area contributed by atoms with Gasteiger partial charge in [-0.3, -0.25) is 4.79 Å². The van der Waals surface area contributed by atoms with Crippen molar-refractivity contribution >= 4 is 11.9 Å². The highest BCUT2D eigenvalue weighted by Gasteiger charge is 2.19. The van der Waals surface area contributed by atoms with Gasteiger partial charge in [0.05, 0.1) is 6.54 Å². The normalized spacial score (nSPS) is 11.9. The largest absolute Gasteiger partial charge is 0.507 e. The lowest BCUT2D eigenvalue weighted by Crippen LogP contribution is -2.36. The van der Waals surface area contributed by atoms with E-state index < -0.39 is 41.7 Å². The van der Waals surface area contributed by atoms with Crippen LogP contribution in [0.2, 0.25) is 0 Å². The van der Waals surface area contributed by atoms with Gasteiger partial charge in [-0.25, -0.2) is 9.18 Å². The first-order valence-electron chi connectivity index (χ1n) is 4.60. The molecule has 0 radical (unpaired) electrons. The van der Waals surface area contributed by atoms with Gasteiger partial charge in [-0.15, -0.1) is 0 Å². The Hall–Kier alpha value is -2.15. The van der Waals surface area contributed by atoms with Crippen LogP contribution in [0.3, 0.4) is 0 Å². The zero-order valence-electron chi connectivity index (χ0n) is 8.55. The molecular formula is C10H10FNO5.